The minimum atomic E-state index is -1.04. The fraction of sp³-hybridized carbons (Fsp3) is 0.269. The normalized spacial score (nSPS) is 12.4. The van der Waals surface area contributed by atoms with Crippen molar-refractivity contribution in [2.75, 3.05) is 6.61 Å². The molecular weight excluding hydrogens is 505 g/mol. The smallest absolute Gasteiger partial charge is 0.408 e. The Labute approximate surface area is 219 Å². The van der Waals surface area contributed by atoms with E-state index in [-0.39, 0.29) is 13.2 Å². The highest BCUT2D eigenvalue weighted by Gasteiger charge is 2.24. The Morgan fingerprint density at radius 3 is 2.50 bits per heavy atom. The first kappa shape index (κ1) is 27.3. The molecule has 0 aliphatic heterocycles. The van der Waals surface area contributed by atoms with E-state index in [1.807, 2.05) is 30.3 Å². The molecular formula is C26H27Cl2N3O5. The van der Waals surface area contributed by atoms with Gasteiger partial charge in [-0.3, -0.25) is 4.79 Å². The number of nitrogens with one attached hydrogen (secondary N) is 2. The van der Waals surface area contributed by atoms with Gasteiger partial charge in [-0.25, -0.2) is 10.2 Å². The molecule has 2 aromatic carbocycles. The Hall–Kier alpha value is -3.33. The molecule has 0 saturated carbocycles. The van der Waals surface area contributed by atoms with Crippen LogP contribution in [0.25, 0.3) is 11.3 Å². The summed E-state index contributed by atoms with van der Waals surface area (Å²) in [6.07, 6.45) is 0.598. The zero-order valence-corrected chi connectivity index (χ0v) is 21.6. The monoisotopic (exact) mass is 531 g/mol. The molecule has 0 radical (unpaired) electrons. The van der Waals surface area contributed by atoms with Gasteiger partial charge in [0.2, 0.25) is 0 Å². The molecule has 36 heavy (non-hydrogen) atoms. The van der Waals surface area contributed by atoms with Crippen LogP contribution in [-0.2, 0) is 20.9 Å². The summed E-state index contributed by atoms with van der Waals surface area (Å²) in [6, 6.07) is 17.0. The Bertz CT molecular complexity index is 1210. The molecule has 0 fully saturated rings. The Kier molecular flexibility index (Phi) is 9.52. The lowest BCUT2D eigenvalue weighted by Gasteiger charge is -2.22. The lowest BCUT2D eigenvalue weighted by atomic mass is 10.2. The summed E-state index contributed by atoms with van der Waals surface area (Å²) in [7, 11) is 0. The van der Waals surface area contributed by atoms with Crippen molar-refractivity contribution >= 4 is 41.4 Å². The molecule has 3 rings (SSSR count). The van der Waals surface area contributed by atoms with Gasteiger partial charge in [0, 0.05) is 5.56 Å². The van der Waals surface area contributed by atoms with E-state index in [1.165, 1.54) is 6.21 Å². The van der Waals surface area contributed by atoms with Crippen molar-refractivity contribution in [3.05, 3.63) is 82.0 Å². The summed E-state index contributed by atoms with van der Waals surface area (Å²) in [5, 5.41) is 7.31. The SMILES string of the molecule is CC(C)(C)OC(=O)N[C@@H](COCc1ccccc1)C(=O)N/N=C\c1ccc(-c2ccc(Cl)c(Cl)c2)o1. The van der Waals surface area contributed by atoms with Crippen molar-refractivity contribution in [1.82, 2.24) is 10.7 Å². The molecule has 8 nitrogen and oxygen atoms in total. The quantitative estimate of drug-likeness (QED) is 0.267. The first-order chi connectivity index (χ1) is 17.1. The van der Waals surface area contributed by atoms with E-state index in [0.29, 0.717) is 21.6 Å². The number of hydrogen-bond acceptors (Lipinski definition) is 6. The first-order valence-corrected chi connectivity index (χ1v) is 11.9. The molecule has 1 aromatic heterocycles. The van der Waals surface area contributed by atoms with Crippen LogP contribution < -0.4 is 10.7 Å². The second-order valence-corrected chi connectivity index (χ2v) is 9.58. The van der Waals surface area contributed by atoms with Crippen LogP contribution in [0.5, 0.6) is 0 Å². The maximum Gasteiger partial charge on any atom is 0.408 e. The van der Waals surface area contributed by atoms with Gasteiger partial charge in [-0.15, -0.1) is 0 Å². The highest BCUT2D eigenvalue weighted by atomic mass is 35.5. The number of benzene rings is 2. The van der Waals surface area contributed by atoms with Crippen LogP contribution in [0, 0.1) is 0 Å². The molecule has 0 aliphatic rings. The number of hydrazone groups is 1. The lowest BCUT2D eigenvalue weighted by Crippen LogP contribution is -2.49. The summed E-state index contributed by atoms with van der Waals surface area (Å²) < 4.78 is 16.6. The fourth-order valence-corrected chi connectivity index (χ4v) is 3.26. The van der Waals surface area contributed by atoms with Gasteiger partial charge in [0.1, 0.15) is 23.2 Å². The average molecular weight is 532 g/mol. The summed E-state index contributed by atoms with van der Waals surface area (Å²) in [5.41, 5.74) is 3.35. The molecule has 2 amide bonds. The van der Waals surface area contributed by atoms with E-state index in [4.69, 9.17) is 37.1 Å². The second-order valence-electron chi connectivity index (χ2n) is 8.76. The molecule has 1 heterocycles. The van der Waals surface area contributed by atoms with Gasteiger partial charge in [0.15, 0.2) is 0 Å². The predicted molar refractivity (Wildman–Crippen MR) is 139 cm³/mol. The van der Waals surface area contributed by atoms with Crippen LogP contribution in [0.15, 0.2) is 70.2 Å². The highest BCUT2D eigenvalue weighted by Crippen LogP contribution is 2.29. The molecule has 0 bridgehead atoms. The number of alkyl carbamates (subject to hydrolysis) is 1. The summed E-state index contributed by atoms with van der Waals surface area (Å²) in [5.74, 6) is 0.370. The maximum absolute atomic E-state index is 12.7. The van der Waals surface area contributed by atoms with Crippen LogP contribution in [0.2, 0.25) is 10.0 Å². The first-order valence-electron chi connectivity index (χ1n) is 11.1. The van der Waals surface area contributed by atoms with Crippen molar-refractivity contribution in [3.63, 3.8) is 0 Å². The van der Waals surface area contributed by atoms with Crippen molar-refractivity contribution < 1.29 is 23.5 Å². The predicted octanol–water partition coefficient (Wildman–Crippen LogP) is 5.81. The van der Waals surface area contributed by atoms with E-state index in [0.717, 1.165) is 11.1 Å². The van der Waals surface area contributed by atoms with Crippen LogP contribution in [0.1, 0.15) is 32.1 Å². The van der Waals surface area contributed by atoms with Gasteiger partial charge in [-0.2, -0.15) is 5.10 Å². The van der Waals surface area contributed by atoms with Crippen molar-refractivity contribution in [1.29, 1.82) is 0 Å². The largest absolute Gasteiger partial charge is 0.455 e. The van der Waals surface area contributed by atoms with E-state index in [1.54, 1.807) is 51.1 Å². The second kappa shape index (κ2) is 12.6. The van der Waals surface area contributed by atoms with Crippen LogP contribution >= 0.6 is 23.2 Å². The number of halogens is 2. The molecule has 3 aromatic rings. The third-order valence-corrected chi connectivity index (χ3v) is 5.34. The number of hydrogen-bond donors (Lipinski definition) is 2. The average Bonchev–Trinajstić information content (AvgIpc) is 3.28. The molecule has 10 heteroatoms. The van der Waals surface area contributed by atoms with Crippen LogP contribution in [0.3, 0.4) is 0 Å². The number of carbonyl (C=O) groups excluding carboxylic acids is 2. The summed E-state index contributed by atoms with van der Waals surface area (Å²) in [6.45, 7) is 5.37. The van der Waals surface area contributed by atoms with Gasteiger partial charge >= 0.3 is 6.09 Å². The number of nitrogens with zero attached hydrogens (tertiary/aromatic N) is 1. The Morgan fingerprint density at radius 1 is 1.06 bits per heavy atom. The number of amides is 2. The third kappa shape index (κ3) is 8.71. The molecule has 0 spiro atoms. The van der Waals surface area contributed by atoms with Crippen molar-refractivity contribution in [2.45, 2.75) is 39.0 Å². The molecule has 2 N–H and O–H groups in total. The molecule has 190 valence electrons. The molecule has 0 aliphatic carbocycles. The third-order valence-electron chi connectivity index (χ3n) is 4.60. The van der Waals surface area contributed by atoms with Gasteiger partial charge in [-0.05, 0) is 56.7 Å². The Morgan fingerprint density at radius 2 is 1.81 bits per heavy atom. The van der Waals surface area contributed by atoms with Crippen molar-refractivity contribution in [2.24, 2.45) is 5.10 Å². The number of furan rings is 1. The summed E-state index contributed by atoms with van der Waals surface area (Å²) >= 11 is 12.0. The van der Waals surface area contributed by atoms with Gasteiger partial charge < -0.3 is 19.2 Å². The minimum absolute atomic E-state index is 0.0856. The number of carbonyl (C=O) groups is 2. The number of rotatable bonds is 9. The van der Waals surface area contributed by atoms with E-state index >= 15 is 0 Å². The molecule has 0 saturated heterocycles. The Balaban J connectivity index is 1.61. The minimum Gasteiger partial charge on any atom is -0.455 e. The van der Waals surface area contributed by atoms with Gasteiger partial charge in [0.05, 0.1) is 29.5 Å². The molecule has 1 atom stereocenters. The van der Waals surface area contributed by atoms with E-state index < -0.39 is 23.6 Å². The van der Waals surface area contributed by atoms with Gasteiger partial charge in [-0.1, -0.05) is 53.5 Å². The molecule has 0 unspecified atom stereocenters. The van der Waals surface area contributed by atoms with Crippen LogP contribution in [-0.4, -0.2) is 36.5 Å². The van der Waals surface area contributed by atoms with E-state index in [2.05, 4.69) is 15.8 Å². The van der Waals surface area contributed by atoms with E-state index in [9.17, 15) is 9.59 Å². The topological polar surface area (TPSA) is 102 Å². The van der Waals surface area contributed by atoms with Gasteiger partial charge in [0.25, 0.3) is 5.91 Å². The summed E-state index contributed by atoms with van der Waals surface area (Å²) in [4.78, 5) is 25.0. The lowest BCUT2D eigenvalue weighted by molar-refractivity contribution is -0.124. The fourth-order valence-electron chi connectivity index (χ4n) is 2.97. The van der Waals surface area contributed by atoms with Crippen LogP contribution in [0.4, 0.5) is 4.79 Å². The zero-order valence-electron chi connectivity index (χ0n) is 20.1. The standard InChI is InChI=1S/C26H27Cl2N3O5/c1-26(2,3)36-25(33)30-22(16-34-15-17-7-5-4-6-8-17)24(32)31-29-14-19-10-12-23(35-19)18-9-11-20(27)21(28)13-18/h4-14,22H,15-16H2,1-3H3,(H,30,33)(H,31,32)/b29-14-/t22-/m0/s1. The zero-order chi connectivity index (χ0) is 26.1. The number of ether oxygens (including phenoxy) is 2. The highest BCUT2D eigenvalue weighted by molar-refractivity contribution is 6.42. The maximum atomic E-state index is 12.7. The van der Waals surface area contributed by atoms with Crippen molar-refractivity contribution in [3.8, 4) is 11.3 Å².